The van der Waals surface area contributed by atoms with Gasteiger partial charge in [0.1, 0.15) is 11.9 Å². The second-order valence-corrected chi connectivity index (χ2v) is 11.1. The maximum absolute atomic E-state index is 13.4. The van der Waals surface area contributed by atoms with E-state index in [2.05, 4.69) is 15.1 Å². The van der Waals surface area contributed by atoms with Crippen LogP contribution in [0, 0.1) is 19.7 Å². The molecule has 3 aromatic rings. The number of anilines is 1. The van der Waals surface area contributed by atoms with E-state index < -0.39 is 34.0 Å². The van der Waals surface area contributed by atoms with Crippen molar-refractivity contribution in [3.63, 3.8) is 0 Å². The van der Waals surface area contributed by atoms with Gasteiger partial charge < -0.3 is 5.32 Å². The molecular weight excluding hydrogens is 489 g/mol. The molecule has 0 saturated carbocycles. The van der Waals surface area contributed by atoms with E-state index in [4.69, 9.17) is 11.6 Å². The lowest BCUT2D eigenvalue weighted by Gasteiger charge is -2.35. The molecule has 1 aliphatic heterocycles. The molecule has 33 heavy (non-hydrogen) atoms. The highest BCUT2D eigenvalue weighted by molar-refractivity contribution is 7.87. The van der Waals surface area contributed by atoms with Gasteiger partial charge in [0.15, 0.2) is 0 Å². The zero-order valence-corrected chi connectivity index (χ0v) is 20.8. The highest BCUT2D eigenvalue weighted by Crippen LogP contribution is 2.37. The Labute approximate surface area is 200 Å². The van der Waals surface area contributed by atoms with Crippen LogP contribution in [0.5, 0.6) is 0 Å². The summed E-state index contributed by atoms with van der Waals surface area (Å²) in [4.78, 5) is 13.8. The van der Waals surface area contributed by atoms with Crippen LogP contribution >= 0.6 is 22.9 Å². The van der Waals surface area contributed by atoms with Crippen molar-refractivity contribution in [3.8, 4) is 11.1 Å². The number of amides is 1. The van der Waals surface area contributed by atoms with Crippen molar-refractivity contribution in [1.29, 1.82) is 0 Å². The van der Waals surface area contributed by atoms with E-state index >= 15 is 0 Å². The van der Waals surface area contributed by atoms with Gasteiger partial charge in [-0.3, -0.25) is 9.48 Å². The molecule has 0 radical (unpaired) electrons. The standard InChI is InChI=1S/C21H23ClFN5O3S2/c1-11-20(12(2)27(3)25-11)13-7-19(32-10-13)17-9-18(28(4)33(30,31)26-17)21(29)24-14-5-6-16(23)15(22)8-14/h5-8,10,17-18,26H,9H2,1-4H3,(H,24,29)/t17-,18+/m1/s1. The Hall–Kier alpha value is -2.31. The zero-order valence-electron chi connectivity index (χ0n) is 18.4. The summed E-state index contributed by atoms with van der Waals surface area (Å²) in [6.45, 7) is 3.91. The van der Waals surface area contributed by atoms with Crippen molar-refractivity contribution < 1.29 is 17.6 Å². The average molecular weight is 512 g/mol. The normalized spacial score (nSPS) is 20.7. The molecule has 176 valence electrons. The molecule has 0 spiro atoms. The molecule has 2 atom stereocenters. The van der Waals surface area contributed by atoms with Crippen LogP contribution in [0.2, 0.25) is 5.02 Å². The van der Waals surface area contributed by atoms with Crippen LogP contribution in [-0.2, 0) is 22.1 Å². The lowest BCUT2D eigenvalue weighted by molar-refractivity contribution is -0.120. The molecule has 0 bridgehead atoms. The molecule has 1 aliphatic rings. The minimum Gasteiger partial charge on any atom is -0.325 e. The quantitative estimate of drug-likeness (QED) is 0.557. The van der Waals surface area contributed by atoms with Crippen LogP contribution < -0.4 is 10.0 Å². The van der Waals surface area contributed by atoms with Gasteiger partial charge in [0, 0.05) is 35.9 Å². The Kier molecular flexibility index (Phi) is 6.36. The number of carbonyl (C=O) groups is 1. The molecule has 3 heterocycles. The number of nitrogens with one attached hydrogen (secondary N) is 2. The maximum atomic E-state index is 13.4. The molecule has 1 amide bonds. The van der Waals surface area contributed by atoms with Gasteiger partial charge in [-0.15, -0.1) is 11.3 Å². The summed E-state index contributed by atoms with van der Waals surface area (Å²) in [5, 5.41) is 8.91. The number of halogens is 2. The Morgan fingerprint density at radius 3 is 2.67 bits per heavy atom. The van der Waals surface area contributed by atoms with Gasteiger partial charge in [-0.1, -0.05) is 11.6 Å². The first kappa shape index (κ1) is 23.8. The average Bonchev–Trinajstić information content (AvgIpc) is 3.31. The third-order valence-corrected chi connectivity index (χ3v) is 8.75. The first-order chi connectivity index (χ1) is 15.5. The highest BCUT2D eigenvalue weighted by atomic mass is 35.5. The number of hydrogen-bond acceptors (Lipinski definition) is 5. The first-order valence-electron chi connectivity index (χ1n) is 10.1. The van der Waals surface area contributed by atoms with Crippen LogP contribution in [0.3, 0.4) is 0 Å². The number of benzene rings is 1. The topological polar surface area (TPSA) is 96.3 Å². The number of nitrogens with zero attached hydrogens (tertiary/aromatic N) is 3. The van der Waals surface area contributed by atoms with Crippen LogP contribution in [-0.4, -0.2) is 41.5 Å². The minimum absolute atomic E-state index is 0.135. The Balaban J connectivity index is 1.60. The summed E-state index contributed by atoms with van der Waals surface area (Å²) in [5.41, 5.74) is 4.15. The van der Waals surface area contributed by atoms with Crippen molar-refractivity contribution in [1.82, 2.24) is 18.8 Å². The fourth-order valence-corrected chi connectivity index (χ4v) is 6.44. The van der Waals surface area contributed by atoms with Crippen LogP contribution in [0.15, 0.2) is 29.6 Å². The molecule has 2 N–H and O–H groups in total. The summed E-state index contributed by atoms with van der Waals surface area (Å²) in [6, 6.07) is 4.20. The lowest BCUT2D eigenvalue weighted by atomic mass is 10.0. The Bertz CT molecular complexity index is 1340. The molecule has 2 aromatic heterocycles. The van der Waals surface area contributed by atoms with E-state index in [9.17, 15) is 17.6 Å². The van der Waals surface area contributed by atoms with E-state index in [0.29, 0.717) is 0 Å². The third-order valence-electron chi connectivity index (χ3n) is 5.82. The van der Waals surface area contributed by atoms with E-state index in [-0.39, 0.29) is 17.1 Å². The van der Waals surface area contributed by atoms with Gasteiger partial charge in [-0.25, -0.2) is 4.39 Å². The van der Waals surface area contributed by atoms with Gasteiger partial charge in [0.05, 0.1) is 16.8 Å². The molecule has 12 heteroatoms. The maximum Gasteiger partial charge on any atom is 0.280 e. The summed E-state index contributed by atoms with van der Waals surface area (Å²) in [7, 11) is -0.675. The highest BCUT2D eigenvalue weighted by Gasteiger charge is 2.41. The fourth-order valence-electron chi connectivity index (χ4n) is 3.95. The van der Waals surface area contributed by atoms with Gasteiger partial charge in [0.25, 0.3) is 10.2 Å². The number of rotatable bonds is 4. The number of carbonyl (C=O) groups excluding carboxylic acids is 1. The minimum atomic E-state index is -3.90. The molecule has 1 saturated heterocycles. The summed E-state index contributed by atoms with van der Waals surface area (Å²) in [5.74, 6) is -1.13. The van der Waals surface area contributed by atoms with Gasteiger partial charge >= 0.3 is 0 Å². The molecule has 0 aliphatic carbocycles. The van der Waals surface area contributed by atoms with Crippen molar-refractivity contribution in [2.45, 2.75) is 32.4 Å². The Morgan fingerprint density at radius 2 is 2.03 bits per heavy atom. The molecule has 1 fully saturated rings. The zero-order chi connectivity index (χ0) is 24.1. The van der Waals surface area contributed by atoms with E-state index in [1.165, 1.54) is 30.5 Å². The smallest absolute Gasteiger partial charge is 0.280 e. The molecule has 1 aromatic carbocycles. The van der Waals surface area contributed by atoms with Crippen molar-refractivity contribution in [2.24, 2.45) is 7.05 Å². The van der Waals surface area contributed by atoms with Crippen LogP contribution in [0.25, 0.3) is 11.1 Å². The number of hydrogen-bond donors (Lipinski definition) is 2. The van der Waals surface area contributed by atoms with Crippen molar-refractivity contribution in [3.05, 3.63) is 56.8 Å². The number of aromatic nitrogens is 2. The van der Waals surface area contributed by atoms with Gasteiger partial charge in [-0.05, 0) is 55.5 Å². The number of aryl methyl sites for hydroxylation is 2. The predicted octanol–water partition coefficient (Wildman–Crippen LogP) is 3.78. The van der Waals surface area contributed by atoms with Gasteiger partial charge in [0.2, 0.25) is 5.91 Å². The molecule has 8 nitrogen and oxygen atoms in total. The van der Waals surface area contributed by atoms with Crippen LogP contribution in [0.1, 0.15) is 28.7 Å². The molecule has 4 rings (SSSR count). The van der Waals surface area contributed by atoms with E-state index in [1.807, 2.05) is 37.0 Å². The third kappa shape index (κ3) is 4.56. The van der Waals surface area contributed by atoms with Crippen molar-refractivity contribution >= 4 is 44.7 Å². The fraction of sp³-hybridized carbons (Fsp3) is 0.333. The van der Waals surface area contributed by atoms with Gasteiger partial charge in [-0.2, -0.15) is 22.5 Å². The monoisotopic (exact) mass is 511 g/mol. The number of thiophene rings is 1. The Morgan fingerprint density at radius 1 is 1.30 bits per heavy atom. The van der Waals surface area contributed by atoms with E-state index in [0.717, 1.165) is 37.8 Å². The largest absolute Gasteiger partial charge is 0.325 e. The van der Waals surface area contributed by atoms with Crippen molar-refractivity contribution in [2.75, 3.05) is 12.4 Å². The predicted molar refractivity (Wildman–Crippen MR) is 127 cm³/mol. The lowest BCUT2D eigenvalue weighted by Crippen LogP contribution is -2.55. The second-order valence-electron chi connectivity index (χ2n) is 7.97. The first-order valence-corrected chi connectivity index (χ1v) is 12.8. The van der Waals surface area contributed by atoms with Crippen LogP contribution in [0.4, 0.5) is 10.1 Å². The second kappa shape index (κ2) is 8.80. The SMILES string of the molecule is Cc1nn(C)c(C)c1-c1csc([C@H]2C[C@@H](C(=O)Nc3ccc(F)c(Cl)c3)N(C)S(=O)(=O)N2)c1. The molecular formula is C21H23ClFN5O3S2. The summed E-state index contributed by atoms with van der Waals surface area (Å²) >= 11 is 7.22. The van der Waals surface area contributed by atoms with E-state index in [1.54, 1.807) is 0 Å². The summed E-state index contributed by atoms with van der Waals surface area (Å²) < 4.78 is 44.5. The summed E-state index contributed by atoms with van der Waals surface area (Å²) in [6.07, 6.45) is 0.224. The number of likely N-dealkylation sites (N-methyl/N-ethyl adjacent to an activating group) is 1. The molecule has 0 unspecified atom stereocenters.